The fourth-order valence-corrected chi connectivity index (χ4v) is 3.61. The molecule has 1 aromatic heterocycles. The van der Waals surface area contributed by atoms with Gasteiger partial charge in [-0.25, -0.2) is 4.79 Å². The molecule has 3 rings (SSSR count). The van der Waals surface area contributed by atoms with E-state index in [4.69, 9.17) is 21.3 Å². The Labute approximate surface area is 183 Å². The molecule has 150 valence electrons. The lowest BCUT2D eigenvalue weighted by Crippen LogP contribution is -2.12. The number of nitrogens with zero attached hydrogens (tertiary/aromatic N) is 1. The van der Waals surface area contributed by atoms with Crippen molar-refractivity contribution in [2.75, 3.05) is 0 Å². The third-order valence-corrected chi connectivity index (χ3v) is 5.05. The number of aromatic nitrogens is 1. The van der Waals surface area contributed by atoms with Crippen LogP contribution < -0.4 is 4.74 Å². The average molecular weight is 475 g/mol. The molecule has 1 heterocycles. The maximum atomic E-state index is 11.9. The van der Waals surface area contributed by atoms with Crippen LogP contribution >= 0.6 is 27.5 Å². The van der Waals surface area contributed by atoms with Gasteiger partial charge in [-0.05, 0) is 54.3 Å². The molecule has 0 spiro atoms. The SMILES string of the molecule is CC(C)Cc1nc(COc2cccc(Br)c2)c(C(=O)O)cc1-c1cccc(Cl)c1. The lowest BCUT2D eigenvalue weighted by molar-refractivity contribution is 0.0693. The van der Waals surface area contributed by atoms with Gasteiger partial charge in [-0.2, -0.15) is 0 Å². The molecule has 0 aliphatic heterocycles. The van der Waals surface area contributed by atoms with E-state index < -0.39 is 5.97 Å². The second-order valence-corrected chi connectivity index (χ2v) is 8.49. The van der Waals surface area contributed by atoms with Crippen molar-refractivity contribution in [3.05, 3.63) is 81.0 Å². The summed E-state index contributed by atoms with van der Waals surface area (Å²) in [6.45, 7) is 4.28. The van der Waals surface area contributed by atoms with Gasteiger partial charge in [0, 0.05) is 20.8 Å². The van der Waals surface area contributed by atoms with Crippen LogP contribution in [0.2, 0.25) is 5.02 Å². The third-order valence-electron chi connectivity index (χ3n) is 4.32. The summed E-state index contributed by atoms with van der Waals surface area (Å²) < 4.78 is 6.70. The molecule has 2 aromatic carbocycles. The van der Waals surface area contributed by atoms with Crippen molar-refractivity contribution in [2.45, 2.75) is 26.9 Å². The molecule has 0 saturated heterocycles. The van der Waals surface area contributed by atoms with Crippen LogP contribution in [0.1, 0.15) is 35.6 Å². The first-order chi connectivity index (χ1) is 13.8. The predicted octanol–water partition coefficient (Wildman–Crippen LogP) is 6.64. The van der Waals surface area contributed by atoms with Gasteiger partial charge in [0.1, 0.15) is 12.4 Å². The molecule has 6 heteroatoms. The monoisotopic (exact) mass is 473 g/mol. The standard InChI is InChI=1S/C23H21BrClNO3/c1-14(2)9-21-19(15-5-3-7-17(25)10-15)12-20(23(27)28)22(26-21)13-29-18-8-4-6-16(24)11-18/h3-8,10-12,14H,9,13H2,1-2H3,(H,27,28). The Bertz CT molecular complexity index is 1040. The lowest BCUT2D eigenvalue weighted by Gasteiger charge is -2.16. The number of hydrogen-bond acceptors (Lipinski definition) is 3. The third kappa shape index (κ3) is 5.58. The van der Waals surface area contributed by atoms with Crippen LogP contribution in [0.5, 0.6) is 5.75 Å². The molecule has 1 N–H and O–H groups in total. The highest BCUT2D eigenvalue weighted by molar-refractivity contribution is 9.10. The smallest absolute Gasteiger partial charge is 0.337 e. The highest BCUT2D eigenvalue weighted by Gasteiger charge is 2.19. The van der Waals surface area contributed by atoms with Gasteiger partial charge in [0.05, 0.1) is 11.3 Å². The number of carboxylic acid groups (broad SMARTS) is 1. The van der Waals surface area contributed by atoms with E-state index in [0.717, 1.165) is 21.3 Å². The van der Waals surface area contributed by atoms with Gasteiger partial charge in [0.2, 0.25) is 0 Å². The van der Waals surface area contributed by atoms with E-state index >= 15 is 0 Å². The molecule has 0 atom stereocenters. The number of aromatic carboxylic acids is 1. The highest BCUT2D eigenvalue weighted by atomic mass is 79.9. The summed E-state index contributed by atoms with van der Waals surface area (Å²) in [7, 11) is 0. The van der Waals surface area contributed by atoms with Crippen LogP contribution in [-0.4, -0.2) is 16.1 Å². The Morgan fingerprint density at radius 1 is 1.14 bits per heavy atom. The van der Waals surface area contributed by atoms with E-state index in [0.29, 0.717) is 28.8 Å². The molecule has 0 aliphatic rings. The minimum absolute atomic E-state index is 0.0685. The summed E-state index contributed by atoms with van der Waals surface area (Å²) in [5, 5.41) is 10.4. The number of carboxylic acids is 1. The summed E-state index contributed by atoms with van der Waals surface area (Å²) in [5.41, 5.74) is 2.99. The summed E-state index contributed by atoms with van der Waals surface area (Å²) in [4.78, 5) is 16.7. The first-order valence-electron chi connectivity index (χ1n) is 9.24. The van der Waals surface area contributed by atoms with Gasteiger partial charge in [0.25, 0.3) is 0 Å². The summed E-state index contributed by atoms with van der Waals surface area (Å²) in [6.07, 6.45) is 0.714. The highest BCUT2D eigenvalue weighted by Crippen LogP contribution is 2.30. The Hall–Kier alpha value is -2.37. The number of halogens is 2. The maximum absolute atomic E-state index is 11.9. The van der Waals surface area contributed by atoms with Crippen molar-refractivity contribution in [2.24, 2.45) is 5.92 Å². The Kier molecular flexibility index (Phi) is 6.93. The van der Waals surface area contributed by atoms with Crippen LogP contribution in [0.4, 0.5) is 0 Å². The van der Waals surface area contributed by atoms with Crippen molar-refractivity contribution in [3.63, 3.8) is 0 Å². The predicted molar refractivity (Wildman–Crippen MR) is 119 cm³/mol. The molecule has 3 aromatic rings. The van der Waals surface area contributed by atoms with Gasteiger partial charge in [0.15, 0.2) is 0 Å². The quantitative estimate of drug-likeness (QED) is 0.417. The zero-order valence-electron chi connectivity index (χ0n) is 16.2. The number of pyridine rings is 1. The minimum Gasteiger partial charge on any atom is -0.487 e. The van der Waals surface area contributed by atoms with Gasteiger partial charge >= 0.3 is 5.97 Å². The van der Waals surface area contributed by atoms with Crippen molar-refractivity contribution < 1.29 is 14.6 Å². The Balaban J connectivity index is 2.04. The van der Waals surface area contributed by atoms with Crippen molar-refractivity contribution in [3.8, 4) is 16.9 Å². The summed E-state index contributed by atoms with van der Waals surface area (Å²) >= 11 is 9.56. The number of carbonyl (C=O) groups is 1. The molecular formula is C23H21BrClNO3. The molecule has 0 fully saturated rings. The van der Waals surface area contributed by atoms with E-state index in [1.165, 1.54) is 0 Å². The number of ether oxygens (including phenoxy) is 1. The molecule has 0 amide bonds. The zero-order valence-corrected chi connectivity index (χ0v) is 18.5. The molecule has 0 saturated carbocycles. The lowest BCUT2D eigenvalue weighted by atomic mass is 9.95. The van der Waals surface area contributed by atoms with E-state index in [-0.39, 0.29) is 12.2 Å². The molecule has 0 unspecified atom stereocenters. The van der Waals surface area contributed by atoms with Crippen LogP contribution in [0.25, 0.3) is 11.1 Å². The zero-order chi connectivity index (χ0) is 21.0. The van der Waals surface area contributed by atoms with E-state index in [1.54, 1.807) is 12.1 Å². The number of hydrogen-bond donors (Lipinski definition) is 1. The molecule has 4 nitrogen and oxygen atoms in total. The summed E-state index contributed by atoms with van der Waals surface area (Å²) in [6, 6.07) is 16.5. The minimum atomic E-state index is -1.04. The molecule has 29 heavy (non-hydrogen) atoms. The second kappa shape index (κ2) is 9.42. The second-order valence-electron chi connectivity index (χ2n) is 7.14. The van der Waals surface area contributed by atoms with E-state index in [2.05, 4.69) is 29.8 Å². The maximum Gasteiger partial charge on any atom is 0.337 e. The van der Waals surface area contributed by atoms with E-state index in [1.807, 2.05) is 42.5 Å². The molecule has 0 bridgehead atoms. The first kappa shape index (κ1) is 21.3. The topological polar surface area (TPSA) is 59.4 Å². The number of rotatable bonds is 7. The molecule has 0 radical (unpaired) electrons. The van der Waals surface area contributed by atoms with Crippen molar-refractivity contribution in [1.82, 2.24) is 4.98 Å². The number of benzene rings is 2. The fourth-order valence-electron chi connectivity index (χ4n) is 3.05. The summed E-state index contributed by atoms with van der Waals surface area (Å²) in [5.74, 6) is -0.0403. The Morgan fingerprint density at radius 3 is 2.55 bits per heavy atom. The Morgan fingerprint density at radius 2 is 1.90 bits per heavy atom. The van der Waals surface area contributed by atoms with Crippen LogP contribution in [0.15, 0.2) is 59.1 Å². The van der Waals surface area contributed by atoms with Gasteiger partial charge in [-0.15, -0.1) is 0 Å². The van der Waals surface area contributed by atoms with Crippen LogP contribution in [0, 0.1) is 5.92 Å². The van der Waals surface area contributed by atoms with Gasteiger partial charge < -0.3 is 9.84 Å². The normalized spacial score (nSPS) is 10.9. The van der Waals surface area contributed by atoms with Crippen LogP contribution in [0.3, 0.4) is 0 Å². The first-order valence-corrected chi connectivity index (χ1v) is 10.4. The van der Waals surface area contributed by atoms with E-state index in [9.17, 15) is 9.90 Å². The van der Waals surface area contributed by atoms with Crippen molar-refractivity contribution >= 4 is 33.5 Å². The fraction of sp³-hybridized carbons (Fsp3) is 0.217. The van der Waals surface area contributed by atoms with Gasteiger partial charge in [-0.1, -0.05) is 59.6 Å². The van der Waals surface area contributed by atoms with Crippen LogP contribution in [-0.2, 0) is 13.0 Å². The van der Waals surface area contributed by atoms with Crippen molar-refractivity contribution in [1.29, 1.82) is 0 Å². The molecule has 0 aliphatic carbocycles. The average Bonchev–Trinajstić information content (AvgIpc) is 2.65. The molecular weight excluding hydrogens is 454 g/mol. The largest absolute Gasteiger partial charge is 0.487 e. The van der Waals surface area contributed by atoms with Gasteiger partial charge in [-0.3, -0.25) is 4.98 Å².